The van der Waals surface area contributed by atoms with E-state index in [-0.39, 0.29) is 35.5 Å². The molecular formula is C36H40FN3O4S. The predicted octanol–water partition coefficient (Wildman–Crippen LogP) is 6.19. The summed E-state index contributed by atoms with van der Waals surface area (Å²) >= 11 is 0. The third-order valence-electron chi connectivity index (χ3n) is 7.75. The second-order valence-electron chi connectivity index (χ2n) is 11.3. The molecule has 2 unspecified atom stereocenters. The van der Waals surface area contributed by atoms with Crippen molar-refractivity contribution in [2.45, 2.75) is 64.1 Å². The van der Waals surface area contributed by atoms with E-state index in [9.17, 15) is 22.4 Å². The number of anilines is 1. The first-order valence-electron chi connectivity index (χ1n) is 15.0. The topological polar surface area (TPSA) is 86.8 Å². The van der Waals surface area contributed by atoms with Gasteiger partial charge in [-0.15, -0.1) is 0 Å². The van der Waals surface area contributed by atoms with Crippen molar-refractivity contribution in [3.63, 3.8) is 0 Å². The number of rotatable bonds is 13. The van der Waals surface area contributed by atoms with E-state index in [1.807, 2.05) is 82.3 Å². The first kappa shape index (κ1) is 33.4. The lowest BCUT2D eigenvalue weighted by molar-refractivity contribution is -0.140. The van der Waals surface area contributed by atoms with Crippen molar-refractivity contribution in [2.75, 3.05) is 10.8 Å². The summed E-state index contributed by atoms with van der Waals surface area (Å²) in [4.78, 5) is 29.7. The Morgan fingerprint density at radius 2 is 1.38 bits per heavy atom. The van der Waals surface area contributed by atoms with Gasteiger partial charge in [0.1, 0.15) is 18.4 Å². The van der Waals surface area contributed by atoms with Crippen LogP contribution in [0.5, 0.6) is 0 Å². The van der Waals surface area contributed by atoms with E-state index >= 15 is 0 Å². The number of nitrogens with one attached hydrogen (secondary N) is 1. The van der Waals surface area contributed by atoms with Gasteiger partial charge in [0.2, 0.25) is 11.8 Å². The molecule has 0 spiro atoms. The Labute approximate surface area is 265 Å². The Morgan fingerprint density at radius 1 is 0.800 bits per heavy atom. The summed E-state index contributed by atoms with van der Waals surface area (Å²) in [5, 5.41) is 3.03. The Balaban J connectivity index is 1.80. The van der Waals surface area contributed by atoms with E-state index in [2.05, 4.69) is 5.32 Å². The quantitative estimate of drug-likeness (QED) is 0.191. The smallest absolute Gasteiger partial charge is 0.264 e. The molecule has 0 aliphatic carbocycles. The fraction of sp³-hybridized carbons (Fsp3) is 0.278. The van der Waals surface area contributed by atoms with Gasteiger partial charge in [-0.3, -0.25) is 13.9 Å². The van der Waals surface area contributed by atoms with Crippen LogP contribution in [0.2, 0.25) is 0 Å². The minimum absolute atomic E-state index is 0.0862. The molecule has 0 radical (unpaired) electrons. The molecule has 4 aromatic carbocycles. The molecule has 2 atom stereocenters. The maximum Gasteiger partial charge on any atom is 0.264 e. The number of benzene rings is 4. The number of hydrogen-bond acceptors (Lipinski definition) is 4. The van der Waals surface area contributed by atoms with Crippen LogP contribution in [0.25, 0.3) is 0 Å². The molecule has 0 fully saturated rings. The van der Waals surface area contributed by atoms with Gasteiger partial charge in [-0.2, -0.15) is 0 Å². The zero-order chi connectivity index (χ0) is 32.6. The Kier molecular flexibility index (Phi) is 11.1. The summed E-state index contributed by atoms with van der Waals surface area (Å²) in [6, 6.07) is 27.3. The monoisotopic (exact) mass is 629 g/mol. The number of carbonyl (C=O) groups excluding carboxylic acids is 2. The molecule has 0 heterocycles. The number of carbonyl (C=O) groups is 2. The lowest BCUT2D eigenvalue weighted by Crippen LogP contribution is -2.54. The highest BCUT2D eigenvalue weighted by Crippen LogP contribution is 2.26. The van der Waals surface area contributed by atoms with Gasteiger partial charge >= 0.3 is 0 Å². The van der Waals surface area contributed by atoms with Crippen molar-refractivity contribution in [1.29, 1.82) is 0 Å². The highest BCUT2D eigenvalue weighted by molar-refractivity contribution is 7.92. The maximum atomic E-state index is 14.5. The van der Waals surface area contributed by atoms with Crippen molar-refractivity contribution < 1.29 is 22.4 Å². The highest BCUT2D eigenvalue weighted by atomic mass is 32.2. The molecule has 7 nitrogen and oxygen atoms in total. The average Bonchev–Trinajstić information content (AvgIpc) is 3.03. The van der Waals surface area contributed by atoms with E-state index in [0.29, 0.717) is 6.42 Å². The molecule has 0 bridgehead atoms. The zero-order valence-corrected chi connectivity index (χ0v) is 26.9. The molecule has 9 heteroatoms. The van der Waals surface area contributed by atoms with Crippen LogP contribution in [-0.2, 0) is 32.6 Å². The third-order valence-corrected chi connectivity index (χ3v) is 9.54. The summed E-state index contributed by atoms with van der Waals surface area (Å²) in [5.74, 6) is -1.45. The number of sulfonamides is 1. The minimum Gasteiger partial charge on any atom is -0.352 e. The molecule has 0 aliphatic heterocycles. The van der Waals surface area contributed by atoms with Gasteiger partial charge < -0.3 is 10.2 Å². The molecule has 236 valence electrons. The van der Waals surface area contributed by atoms with E-state index in [4.69, 9.17) is 0 Å². The normalized spacial score (nSPS) is 12.6. The standard InChI is InChI=1S/C36H40FN3O4S/c1-5-28(4)38-36(42)34(23-29-9-7-6-8-10-29)39(24-30-15-11-26(2)12-16-30)35(41)25-40(32-19-13-27(3)14-20-32)45(43,44)33-21-17-31(37)18-22-33/h6-22,28,34H,5,23-25H2,1-4H3,(H,38,42). The van der Waals surface area contributed by atoms with Gasteiger partial charge in [-0.25, -0.2) is 12.8 Å². The number of aryl methyl sites for hydroxylation is 2. The lowest BCUT2D eigenvalue weighted by atomic mass is 10.0. The Morgan fingerprint density at radius 3 is 1.96 bits per heavy atom. The van der Waals surface area contributed by atoms with E-state index < -0.39 is 34.3 Å². The van der Waals surface area contributed by atoms with E-state index in [1.54, 1.807) is 24.3 Å². The van der Waals surface area contributed by atoms with Crippen LogP contribution in [0.3, 0.4) is 0 Å². The molecule has 0 saturated carbocycles. The van der Waals surface area contributed by atoms with Crippen LogP contribution >= 0.6 is 0 Å². The number of amides is 2. The van der Waals surface area contributed by atoms with Crippen LogP contribution in [0.1, 0.15) is 42.5 Å². The third kappa shape index (κ3) is 8.79. The Bertz CT molecular complexity index is 1680. The van der Waals surface area contributed by atoms with Gasteiger partial charge in [-0.05, 0) is 74.7 Å². The van der Waals surface area contributed by atoms with Gasteiger partial charge in [0.05, 0.1) is 10.6 Å². The zero-order valence-electron chi connectivity index (χ0n) is 26.1. The molecule has 0 saturated heterocycles. The molecule has 0 aromatic heterocycles. The molecule has 2 amide bonds. The number of hydrogen-bond donors (Lipinski definition) is 1. The number of halogens is 1. The minimum atomic E-state index is -4.30. The van der Waals surface area contributed by atoms with Crippen molar-refractivity contribution in [2.24, 2.45) is 0 Å². The SMILES string of the molecule is CCC(C)NC(=O)C(Cc1ccccc1)N(Cc1ccc(C)cc1)C(=O)CN(c1ccc(C)cc1)S(=O)(=O)c1ccc(F)cc1. The summed E-state index contributed by atoms with van der Waals surface area (Å²) < 4.78 is 42.8. The molecule has 4 rings (SSSR count). The van der Waals surface area contributed by atoms with Gasteiger partial charge in [-0.1, -0.05) is 84.8 Å². The first-order chi connectivity index (χ1) is 21.5. The summed E-state index contributed by atoms with van der Waals surface area (Å²) in [6.45, 7) is 7.22. The first-order valence-corrected chi connectivity index (χ1v) is 16.5. The molecule has 45 heavy (non-hydrogen) atoms. The van der Waals surface area contributed by atoms with E-state index in [1.165, 1.54) is 17.0 Å². The predicted molar refractivity (Wildman–Crippen MR) is 176 cm³/mol. The molecule has 4 aromatic rings. The van der Waals surface area contributed by atoms with Crippen molar-refractivity contribution in [3.05, 3.63) is 131 Å². The second kappa shape index (κ2) is 15.0. The molecular weight excluding hydrogens is 589 g/mol. The van der Waals surface area contributed by atoms with Crippen molar-refractivity contribution >= 4 is 27.5 Å². The highest BCUT2D eigenvalue weighted by Gasteiger charge is 2.35. The fourth-order valence-corrected chi connectivity index (χ4v) is 6.27. The van der Waals surface area contributed by atoms with E-state index in [0.717, 1.165) is 38.7 Å². The fourth-order valence-electron chi connectivity index (χ4n) is 4.86. The maximum absolute atomic E-state index is 14.5. The average molecular weight is 630 g/mol. The summed E-state index contributed by atoms with van der Waals surface area (Å²) in [7, 11) is -4.30. The summed E-state index contributed by atoms with van der Waals surface area (Å²) in [5.41, 5.74) is 3.89. The Hall–Kier alpha value is -4.50. The second-order valence-corrected chi connectivity index (χ2v) is 13.2. The summed E-state index contributed by atoms with van der Waals surface area (Å²) in [6.07, 6.45) is 0.933. The van der Waals surface area contributed by atoms with Crippen LogP contribution in [-0.4, -0.2) is 43.8 Å². The van der Waals surface area contributed by atoms with Gasteiger partial charge in [0, 0.05) is 19.0 Å². The molecule has 1 N–H and O–H groups in total. The van der Waals surface area contributed by atoms with Crippen molar-refractivity contribution in [3.8, 4) is 0 Å². The van der Waals surface area contributed by atoms with Gasteiger partial charge in [0.15, 0.2) is 0 Å². The van der Waals surface area contributed by atoms with Gasteiger partial charge in [0.25, 0.3) is 10.0 Å². The van der Waals surface area contributed by atoms with Crippen LogP contribution in [0.4, 0.5) is 10.1 Å². The largest absolute Gasteiger partial charge is 0.352 e. The van der Waals surface area contributed by atoms with Crippen molar-refractivity contribution in [1.82, 2.24) is 10.2 Å². The number of nitrogens with zero attached hydrogens (tertiary/aromatic N) is 2. The van der Waals surface area contributed by atoms with Crippen LogP contribution in [0.15, 0.2) is 108 Å². The molecule has 0 aliphatic rings. The van der Waals surface area contributed by atoms with Crippen LogP contribution in [0, 0.1) is 19.7 Å². The van der Waals surface area contributed by atoms with Crippen LogP contribution < -0.4 is 9.62 Å². The lowest BCUT2D eigenvalue weighted by Gasteiger charge is -2.34.